The molecule has 1 amide bonds. The summed E-state index contributed by atoms with van der Waals surface area (Å²) in [5, 5.41) is 7.09. The minimum Gasteiger partial charge on any atom is -0.379 e. The van der Waals surface area contributed by atoms with Crippen LogP contribution in [0.25, 0.3) is 0 Å². The number of ether oxygens (including phenoxy) is 1. The van der Waals surface area contributed by atoms with Crippen molar-refractivity contribution in [3.63, 3.8) is 0 Å². The first-order chi connectivity index (χ1) is 11.8. The summed E-state index contributed by atoms with van der Waals surface area (Å²) in [6, 6.07) is 10.0. The van der Waals surface area contributed by atoms with Gasteiger partial charge in [0.1, 0.15) is 18.7 Å². The summed E-state index contributed by atoms with van der Waals surface area (Å²) >= 11 is 0. The summed E-state index contributed by atoms with van der Waals surface area (Å²) < 4.78 is 7.01. The highest BCUT2D eigenvalue weighted by Crippen LogP contribution is 2.21. The summed E-state index contributed by atoms with van der Waals surface area (Å²) in [5.41, 5.74) is 1.20. The van der Waals surface area contributed by atoms with Crippen LogP contribution in [0.2, 0.25) is 0 Å². The van der Waals surface area contributed by atoms with Crippen LogP contribution in [-0.4, -0.2) is 58.4 Å². The third-order valence-corrected chi connectivity index (χ3v) is 4.35. The van der Waals surface area contributed by atoms with Crippen molar-refractivity contribution in [2.45, 2.75) is 19.0 Å². The molecule has 0 spiro atoms. The molecule has 7 heteroatoms. The van der Waals surface area contributed by atoms with Gasteiger partial charge < -0.3 is 10.1 Å². The number of morpholine rings is 1. The van der Waals surface area contributed by atoms with E-state index in [0.29, 0.717) is 6.54 Å². The normalized spacial score (nSPS) is 18.0. The molecule has 7 nitrogen and oxygen atoms in total. The molecular weight excluding hydrogens is 306 g/mol. The fourth-order valence-electron chi connectivity index (χ4n) is 2.90. The molecule has 0 unspecified atom stereocenters. The molecule has 1 fully saturated rings. The number of benzene rings is 1. The van der Waals surface area contributed by atoms with Crippen molar-refractivity contribution in [2.75, 3.05) is 32.8 Å². The van der Waals surface area contributed by atoms with E-state index < -0.39 is 0 Å². The zero-order valence-corrected chi connectivity index (χ0v) is 13.8. The van der Waals surface area contributed by atoms with Gasteiger partial charge in [-0.15, -0.1) is 0 Å². The van der Waals surface area contributed by atoms with Gasteiger partial charge in [0.2, 0.25) is 5.91 Å². The van der Waals surface area contributed by atoms with Crippen molar-refractivity contribution in [3.05, 3.63) is 48.5 Å². The lowest BCUT2D eigenvalue weighted by atomic mass is 10.0. The first-order valence-electron chi connectivity index (χ1n) is 8.24. The van der Waals surface area contributed by atoms with Gasteiger partial charge in [-0.1, -0.05) is 30.3 Å². The van der Waals surface area contributed by atoms with Gasteiger partial charge in [0.25, 0.3) is 0 Å². The maximum atomic E-state index is 12.4. The minimum atomic E-state index is -0.381. The van der Waals surface area contributed by atoms with Crippen LogP contribution in [0.4, 0.5) is 0 Å². The number of nitrogens with one attached hydrogen (secondary N) is 1. The number of aromatic nitrogens is 3. The third kappa shape index (κ3) is 3.98. The van der Waals surface area contributed by atoms with E-state index in [9.17, 15) is 4.79 Å². The molecule has 0 aliphatic carbocycles. The molecule has 2 aromatic rings. The fraction of sp³-hybridized carbons (Fsp3) is 0.471. The maximum Gasteiger partial charge on any atom is 0.244 e. The topological polar surface area (TPSA) is 72.3 Å². The second kappa shape index (κ2) is 8.03. The van der Waals surface area contributed by atoms with Crippen molar-refractivity contribution < 1.29 is 9.53 Å². The van der Waals surface area contributed by atoms with Crippen molar-refractivity contribution in [3.8, 4) is 0 Å². The highest BCUT2D eigenvalue weighted by Gasteiger charge is 2.24. The van der Waals surface area contributed by atoms with Gasteiger partial charge in [-0.2, -0.15) is 5.10 Å². The lowest BCUT2D eigenvalue weighted by Crippen LogP contribution is -2.44. The molecule has 1 aromatic heterocycles. The van der Waals surface area contributed by atoms with E-state index in [1.54, 1.807) is 11.0 Å². The molecular formula is C17H23N5O2. The number of rotatable bonds is 6. The largest absolute Gasteiger partial charge is 0.379 e. The second-order valence-corrected chi connectivity index (χ2v) is 5.87. The predicted octanol–water partition coefficient (Wildman–Crippen LogP) is 1.03. The maximum absolute atomic E-state index is 12.4. The molecule has 1 N–H and O–H groups in total. The molecule has 1 saturated heterocycles. The highest BCUT2D eigenvalue weighted by atomic mass is 16.5. The number of hydrogen-bond donors (Lipinski definition) is 1. The Balaban J connectivity index is 1.66. The van der Waals surface area contributed by atoms with E-state index in [4.69, 9.17) is 4.74 Å². The van der Waals surface area contributed by atoms with Crippen molar-refractivity contribution in [1.82, 2.24) is 25.0 Å². The van der Waals surface area contributed by atoms with E-state index in [0.717, 1.165) is 26.3 Å². The summed E-state index contributed by atoms with van der Waals surface area (Å²) in [4.78, 5) is 18.7. The molecule has 3 rings (SSSR count). The zero-order chi connectivity index (χ0) is 16.8. The van der Waals surface area contributed by atoms with Gasteiger partial charge in [-0.3, -0.25) is 9.69 Å². The van der Waals surface area contributed by atoms with Crippen molar-refractivity contribution in [1.29, 1.82) is 0 Å². The van der Waals surface area contributed by atoms with Crippen LogP contribution in [0, 0.1) is 0 Å². The molecule has 0 bridgehead atoms. The van der Waals surface area contributed by atoms with Crippen LogP contribution in [0.1, 0.15) is 24.6 Å². The molecule has 2 heterocycles. The number of carbonyl (C=O) groups excluding carboxylic acids is 1. The fourth-order valence-corrected chi connectivity index (χ4v) is 2.90. The van der Waals surface area contributed by atoms with E-state index in [-0.39, 0.29) is 18.0 Å². The summed E-state index contributed by atoms with van der Waals surface area (Å²) in [5.74, 6) is -0.0605. The molecule has 1 aromatic carbocycles. The van der Waals surface area contributed by atoms with E-state index in [1.165, 1.54) is 11.9 Å². The Bertz CT molecular complexity index is 626. The SMILES string of the molecule is C[C@@H](C(=O)NC[C@H](c1ccccc1)N1CCOCC1)n1cncn1. The summed E-state index contributed by atoms with van der Waals surface area (Å²) in [6.07, 6.45) is 2.99. The standard InChI is InChI=1S/C17H23N5O2/c1-14(22-13-18-12-20-22)17(23)19-11-16(15-5-3-2-4-6-15)21-7-9-24-10-8-21/h2-6,12-14,16H,7-11H2,1H3,(H,19,23)/t14-,16+/m0/s1. The summed E-state index contributed by atoms with van der Waals surface area (Å²) in [6.45, 7) is 5.57. The van der Waals surface area contributed by atoms with Crippen molar-refractivity contribution in [2.24, 2.45) is 0 Å². The van der Waals surface area contributed by atoms with E-state index >= 15 is 0 Å². The minimum absolute atomic E-state index is 0.0605. The van der Waals surface area contributed by atoms with Crippen molar-refractivity contribution >= 4 is 5.91 Å². The highest BCUT2D eigenvalue weighted by molar-refractivity contribution is 5.79. The van der Waals surface area contributed by atoms with Gasteiger partial charge in [-0.25, -0.2) is 9.67 Å². The first kappa shape index (κ1) is 16.6. The molecule has 24 heavy (non-hydrogen) atoms. The molecule has 2 atom stereocenters. The van der Waals surface area contributed by atoms with E-state index in [1.807, 2.05) is 25.1 Å². The Kier molecular flexibility index (Phi) is 5.55. The molecule has 1 aliphatic heterocycles. The van der Waals surface area contributed by atoms with Gasteiger partial charge in [-0.05, 0) is 12.5 Å². The van der Waals surface area contributed by atoms with E-state index in [2.05, 4.69) is 32.4 Å². The average Bonchev–Trinajstić information content (AvgIpc) is 3.17. The van der Waals surface area contributed by atoms with Crippen LogP contribution in [0.15, 0.2) is 43.0 Å². The Hall–Kier alpha value is -2.25. The number of hydrogen-bond acceptors (Lipinski definition) is 5. The number of amides is 1. The van der Waals surface area contributed by atoms with Crippen LogP contribution in [-0.2, 0) is 9.53 Å². The molecule has 1 aliphatic rings. The number of nitrogens with zero attached hydrogens (tertiary/aromatic N) is 4. The van der Waals surface area contributed by atoms with Crippen LogP contribution < -0.4 is 5.32 Å². The van der Waals surface area contributed by atoms with Crippen LogP contribution in [0.5, 0.6) is 0 Å². The average molecular weight is 329 g/mol. The Morgan fingerprint density at radius 3 is 2.71 bits per heavy atom. The third-order valence-electron chi connectivity index (χ3n) is 4.35. The Morgan fingerprint density at radius 2 is 2.04 bits per heavy atom. The quantitative estimate of drug-likeness (QED) is 0.857. The lowest BCUT2D eigenvalue weighted by molar-refractivity contribution is -0.124. The Morgan fingerprint density at radius 1 is 1.29 bits per heavy atom. The Labute approximate surface area is 141 Å². The van der Waals surface area contributed by atoms with Crippen LogP contribution >= 0.6 is 0 Å². The molecule has 0 saturated carbocycles. The molecule has 128 valence electrons. The van der Waals surface area contributed by atoms with Gasteiger partial charge in [0, 0.05) is 19.6 Å². The van der Waals surface area contributed by atoms with Crippen LogP contribution in [0.3, 0.4) is 0 Å². The first-order valence-corrected chi connectivity index (χ1v) is 8.24. The van der Waals surface area contributed by atoms with Gasteiger partial charge in [0.15, 0.2) is 0 Å². The molecule has 0 radical (unpaired) electrons. The second-order valence-electron chi connectivity index (χ2n) is 5.87. The lowest BCUT2D eigenvalue weighted by Gasteiger charge is -2.35. The van der Waals surface area contributed by atoms with Gasteiger partial charge in [0.05, 0.1) is 19.3 Å². The van der Waals surface area contributed by atoms with Gasteiger partial charge >= 0.3 is 0 Å². The smallest absolute Gasteiger partial charge is 0.244 e. The number of carbonyl (C=O) groups is 1. The zero-order valence-electron chi connectivity index (χ0n) is 13.8. The monoisotopic (exact) mass is 329 g/mol. The predicted molar refractivity (Wildman–Crippen MR) is 89.3 cm³/mol. The summed E-state index contributed by atoms with van der Waals surface area (Å²) in [7, 11) is 0.